The zero-order chi connectivity index (χ0) is 12.5. The highest BCUT2D eigenvalue weighted by atomic mass is 16.5. The topological polar surface area (TPSA) is 85.2 Å². The first kappa shape index (κ1) is 11.1. The van der Waals surface area contributed by atoms with E-state index in [0.717, 1.165) is 13.0 Å². The third-order valence-electron chi connectivity index (χ3n) is 3.10. The molecule has 1 fully saturated rings. The molecule has 3 rings (SSSR count). The highest BCUT2D eigenvalue weighted by Crippen LogP contribution is 2.22. The molecule has 2 N–H and O–H groups in total. The summed E-state index contributed by atoms with van der Waals surface area (Å²) < 4.78 is 7.15. The van der Waals surface area contributed by atoms with Gasteiger partial charge in [-0.05, 0) is 0 Å². The number of ether oxygens (including phenoxy) is 1. The fourth-order valence-electron chi connectivity index (χ4n) is 2.19. The lowest BCUT2D eigenvalue weighted by molar-refractivity contribution is -0.119. The molecule has 3 heterocycles. The molecule has 2 aliphatic rings. The van der Waals surface area contributed by atoms with Gasteiger partial charge in [-0.3, -0.25) is 9.59 Å². The molecule has 0 radical (unpaired) electrons. The predicted octanol–water partition coefficient (Wildman–Crippen LogP) is -0.716. The molecular weight excluding hydrogens is 236 g/mol. The van der Waals surface area contributed by atoms with Gasteiger partial charge in [0.05, 0.1) is 18.8 Å². The molecule has 96 valence electrons. The highest BCUT2D eigenvalue weighted by molar-refractivity contribution is 5.97. The van der Waals surface area contributed by atoms with Gasteiger partial charge in [-0.1, -0.05) is 0 Å². The molecular formula is C11H14N4O3. The number of nitrogens with one attached hydrogen (secondary N) is 2. The first-order valence-corrected chi connectivity index (χ1v) is 6.00. The summed E-state index contributed by atoms with van der Waals surface area (Å²) in [6.07, 6.45) is 2.74. The number of hydrogen-bond acceptors (Lipinski definition) is 4. The van der Waals surface area contributed by atoms with Crippen molar-refractivity contribution in [3.63, 3.8) is 0 Å². The average molecular weight is 250 g/mol. The van der Waals surface area contributed by atoms with Gasteiger partial charge < -0.3 is 15.4 Å². The minimum absolute atomic E-state index is 0.0337. The van der Waals surface area contributed by atoms with Crippen LogP contribution in [-0.4, -0.2) is 40.8 Å². The zero-order valence-corrected chi connectivity index (χ0v) is 9.81. The maximum Gasteiger partial charge on any atom is 0.258 e. The Kier molecular flexibility index (Phi) is 2.66. The van der Waals surface area contributed by atoms with Gasteiger partial charge in [0.1, 0.15) is 5.56 Å². The van der Waals surface area contributed by atoms with E-state index in [0.29, 0.717) is 31.0 Å². The quantitative estimate of drug-likeness (QED) is 0.725. The van der Waals surface area contributed by atoms with Crippen LogP contribution in [0.1, 0.15) is 23.2 Å². The molecule has 0 aliphatic carbocycles. The molecule has 7 heteroatoms. The fourth-order valence-corrected chi connectivity index (χ4v) is 2.19. The SMILES string of the molecule is O=C1CC(NC(=O)c2cnn3c2OCCC3)CN1. The van der Waals surface area contributed by atoms with Crippen LogP contribution in [0.4, 0.5) is 0 Å². The van der Waals surface area contributed by atoms with Crippen LogP contribution in [-0.2, 0) is 11.3 Å². The Labute approximate surface area is 103 Å². The molecule has 0 saturated carbocycles. The molecule has 1 atom stereocenters. The van der Waals surface area contributed by atoms with Gasteiger partial charge in [0.2, 0.25) is 11.8 Å². The third-order valence-corrected chi connectivity index (χ3v) is 3.10. The molecule has 0 aromatic carbocycles. The number of hydrogen-bond donors (Lipinski definition) is 2. The Hall–Kier alpha value is -2.05. The van der Waals surface area contributed by atoms with Crippen LogP contribution >= 0.6 is 0 Å². The van der Waals surface area contributed by atoms with E-state index in [1.165, 1.54) is 6.20 Å². The molecule has 0 bridgehead atoms. The predicted molar refractivity (Wildman–Crippen MR) is 61.2 cm³/mol. The lowest BCUT2D eigenvalue weighted by Gasteiger charge is -2.16. The summed E-state index contributed by atoms with van der Waals surface area (Å²) in [6, 6.07) is -0.149. The average Bonchev–Trinajstić information content (AvgIpc) is 2.95. The van der Waals surface area contributed by atoms with Crippen molar-refractivity contribution in [3.05, 3.63) is 11.8 Å². The van der Waals surface area contributed by atoms with E-state index in [-0.39, 0.29) is 17.9 Å². The Bertz CT molecular complexity index is 496. The minimum Gasteiger partial charge on any atom is -0.477 e. The number of amides is 2. The first-order valence-electron chi connectivity index (χ1n) is 6.00. The zero-order valence-electron chi connectivity index (χ0n) is 9.81. The summed E-state index contributed by atoms with van der Waals surface area (Å²) in [5, 5.41) is 9.60. The van der Waals surface area contributed by atoms with Crippen molar-refractivity contribution in [3.8, 4) is 5.88 Å². The smallest absolute Gasteiger partial charge is 0.258 e. The number of aromatic nitrogens is 2. The van der Waals surface area contributed by atoms with Crippen molar-refractivity contribution in [1.29, 1.82) is 0 Å². The standard InChI is InChI=1S/C11H14N4O3/c16-9-4-7(5-12-9)14-10(17)8-6-13-15-2-1-3-18-11(8)15/h6-7H,1-5H2,(H,12,16)(H,14,17). The summed E-state index contributed by atoms with van der Waals surface area (Å²) in [5.74, 6) is 0.254. The second kappa shape index (κ2) is 4.32. The van der Waals surface area contributed by atoms with E-state index in [1.807, 2.05) is 0 Å². The molecule has 18 heavy (non-hydrogen) atoms. The molecule has 1 aromatic rings. The van der Waals surface area contributed by atoms with Crippen molar-refractivity contribution in [2.24, 2.45) is 0 Å². The van der Waals surface area contributed by atoms with Crippen molar-refractivity contribution in [2.45, 2.75) is 25.4 Å². The van der Waals surface area contributed by atoms with Crippen LogP contribution in [0.25, 0.3) is 0 Å². The number of nitrogens with zero attached hydrogens (tertiary/aromatic N) is 2. The van der Waals surface area contributed by atoms with Gasteiger partial charge in [-0.25, -0.2) is 4.68 Å². The van der Waals surface area contributed by atoms with E-state index in [2.05, 4.69) is 15.7 Å². The van der Waals surface area contributed by atoms with Crippen LogP contribution < -0.4 is 15.4 Å². The van der Waals surface area contributed by atoms with Gasteiger partial charge >= 0.3 is 0 Å². The molecule has 1 aromatic heterocycles. The highest BCUT2D eigenvalue weighted by Gasteiger charge is 2.27. The van der Waals surface area contributed by atoms with Crippen LogP contribution in [0.15, 0.2) is 6.20 Å². The van der Waals surface area contributed by atoms with Crippen LogP contribution in [0, 0.1) is 0 Å². The number of carbonyl (C=O) groups excluding carboxylic acids is 2. The number of fused-ring (bicyclic) bond motifs is 1. The lowest BCUT2D eigenvalue weighted by Crippen LogP contribution is -2.36. The Morgan fingerprint density at radius 1 is 1.61 bits per heavy atom. The van der Waals surface area contributed by atoms with Gasteiger partial charge in [-0.2, -0.15) is 5.10 Å². The third kappa shape index (κ3) is 1.92. The van der Waals surface area contributed by atoms with E-state index in [4.69, 9.17) is 4.74 Å². The van der Waals surface area contributed by atoms with E-state index >= 15 is 0 Å². The molecule has 1 unspecified atom stereocenters. The van der Waals surface area contributed by atoms with Crippen molar-refractivity contribution in [2.75, 3.05) is 13.2 Å². The number of rotatable bonds is 2. The van der Waals surface area contributed by atoms with Crippen molar-refractivity contribution < 1.29 is 14.3 Å². The van der Waals surface area contributed by atoms with Gasteiger partial charge in [0, 0.05) is 25.9 Å². The summed E-state index contributed by atoms with van der Waals surface area (Å²) in [6.45, 7) is 1.86. The summed E-state index contributed by atoms with van der Waals surface area (Å²) in [4.78, 5) is 23.1. The summed E-state index contributed by atoms with van der Waals surface area (Å²) >= 11 is 0. The second-order valence-electron chi connectivity index (χ2n) is 4.47. The largest absolute Gasteiger partial charge is 0.477 e. The van der Waals surface area contributed by atoms with Crippen LogP contribution in [0.5, 0.6) is 5.88 Å². The summed E-state index contributed by atoms with van der Waals surface area (Å²) in [7, 11) is 0. The molecule has 2 amide bonds. The number of carbonyl (C=O) groups is 2. The first-order chi connectivity index (χ1) is 8.74. The van der Waals surface area contributed by atoms with Crippen molar-refractivity contribution >= 4 is 11.8 Å². The van der Waals surface area contributed by atoms with Crippen molar-refractivity contribution in [1.82, 2.24) is 20.4 Å². The lowest BCUT2D eigenvalue weighted by atomic mass is 10.2. The number of aryl methyl sites for hydroxylation is 1. The van der Waals surface area contributed by atoms with Gasteiger partial charge in [0.15, 0.2) is 0 Å². The van der Waals surface area contributed by atoms with E-state index in [1.54, 1.807) is 4.68 Å². The second-order valence-corrected chi connectivity index (χ2v) is 4.47. The van der Waals surface area contributed by atoms with E-state index in [9.17, 15) is 9.59 Å². The molecule has 7 nitrogen and oxygen atoms in total. The minimum atomic E-state index is -0.236. The Balaban J connectivity index is 1.72. The van der Waals surface area contributed by atoms with Crippen LogP contribution in [0.3, 0.4) is 0 Å². The molecule has 2 aliphatic heterocycles. The fraction of sp³-hybridized carbons (Fsp3) is 0.545. The normalized spacial score (nSPS) is 22.0. The molecule has 0 spiro atoms. The van der Waals surface area contributed by atoms with Gasteiger partial charge in [-0.15, -0.1) is 0 Å². The Morgan fingerprint density at radius 3 is 3.28 bits per heavy atom. The maximum absolute atomic E-state index is 12.1. The molecule has 1 saturated heterocycles. The Morgan fingerprint density at radius 2 is 2.50 bits per heavy atom. The van der Waals surface area contributed by atoms with E-state index < -0.39 is 0 Å². The maximum atomic E-state index is 12.1. The summed E-state index contributed by atoms with van der Waals surface area (Å²) in [5.41, 5.74) is 0.439. The monoisotopic (exact) mass is 250 g/mol. The van der Waals surface area contributed by atoms with Crippen LogP contribution in [0.2, 0.25) is 0 Å². The van der Waals surface area contributed by atoms with Gasteiger partial charge in [0.25, 0.3) is 5.91 Å².